The average molecular weight is 679 g/mol. The lowest BCUT2D eigenvalue weighted by atomic mass is 9.87. The van der Waals surface area contributed by atoms with E-state index in [1.165, 1.54) is 9.80 Å². The number of anilines is 2. The SMILES string of the molecule is COc1ccc(N(C)C(=O)C(Cc2ccccc2)NC(=O)C(C)(C)CC(=O)N[C@@H](Cc2ccccc2)C(=O)N(C)c2ccc(OC)cc2)cc1. The molecular weight excluding hydrogens is 632 g/mol. The summed E-state index contributed by atoms with van der Waals surface area (Å²) in [6, 6.07) is 31.1. The van der Waals surface area contributed by atoms with Crippen LogP contribution in [0, 0.1) is 5.41 Å². The second-order valence-corrected chi connectivity index (χ2v) is 12.8. The van der Waals surface area contributed by atoms with Gasteiger partial charge in [-0.2, -0.15) is 0 Å². The topological polar surface area (TPSA) is 117 Å². The third-order valence-corrected chi connectivity index (χ3v) is 8.60. The van der Waals surface area contributed by atoms with Crippen molar-refractivity contribution in [3.05, 3.63) is 120 Å². The molecule has 0 aliphatic rings. The van der Waals surface area contributed by atoms with E-state index in [0.29, 0.717) is 22.9 Å². The van der Waals surface area contributed by atoms with Gasteiger partial charge in [-0.1, -0.05) is 74.5 Å². The Hall–Kier alpha value is -5.64. The first-order chi connectivity index (χ1) is 23.9. The molecule has 0 aliphatic carbocycles. The molecular formula is C40H46N4O6. The lowest BCUT2D eigenvalue weighted by molar-refractivity contribution is -0.137. The third-order valence-electron chi connectivity index (χ3n) is 8.60. The van der Waals surface area contributed by atoms with Crippen molar-refractivity contribution in [2.24, 2.45) is 5.41 Å². The predicted molar refractivity (Wildman–Crippen MR) is 195 cm³/mol. The van der Waals surface area contributed by atoms with Gasteiger partial charge in [0.25, 0.3) is 0 Å². The van der Waals surface area contributed by atoms with Crippen molar-refractivity contribution in [2.45, 2.75) is 45.2 Å². The molecule has 0 fully saturated rings. The monoisotopic (exact) mass is 678 g/mol. The molecule has 0 heterocycles. The molecule has 4 aromatic rings. The molecule has 4 rings (SSSR count). The molecule has 0 radical (unpaired) electrons. The van der Waals surface area contributed by atoms with E-state index in [1.54, 1.807) is 90.7 Å². The van der Waals surface area contributed by atoms with E-state index < -0.39 is 29.3 Å². The number of amides is 4. The van der Waals surface area contributed by atoms with Gasteiger partial charge in [-0.15, -0.1) is 0 Å². The highest BCUT2D eigenvalue weighted by molar-refractivity contribution is 6.01. The maximum atomic E-state index is 13.8. The van der Waals surface area contributed by atoms with Crippen LogP contribution in [0.5, 0.6) is 11.5 Å². The van der Waals surface area contributed by atoms with E-state index in [1.807, 2.05) is 60.7 Å². The summed E-state index contributed by atoms with van der Waals surface area (Å²) in [5.74, 6) is -0.254. The van der Waals surface area contributed by atoms with Crippen LogP contribution in [-0.2, 0) is 32.0 Å². The van der Waals surface area contributed by atoms with E-state index in [9.17, 15) is 19.2 Å². The van der Waals surface area contributed by atoms with E-state index in [0.717, 1.165) is 11.1 Å². The lowest BCUT2D eigenvalue weighted by Crippen LogP contribution is -2.53. The van der Waals surface area contributed by atoms with Crippen LogP contribution in [0.4, 0.5) is 11.4 Å². The normalized spacial score (nSPS) is 12.2. The summed E-state index contributed by atoms with van der Waals surface area (Å²) in [4.78, 5) is 58.1. The van der Waals surface area contributed by atoms with Crippen molar-refractivity contribution in [3.8, 4) is 11.5 Å². The third kappa shape index (κ3) is 9.95. The van der Waals surface area contributed by atoms with Crippen molar-refractivity contribution in [2.75, 3.05) is 38.1 Å². The lowest BCUT2D eigenvalue weighted by Gasteiger charge is -2.30. The Labute approximate surface area is 294 Å². The van der Waals surface area contributed by atoms with Crippen LogP contribution in [0.2, 0.25) is 0 Å². The van der Waals surface area contributed by atoms with E-state index in [2.05, 4.69) is 10.6 Å². The number of nitrogens with zero attached hydrogens (tertiary/aromatic N) is 2. The van der Waals surface area contributed by atoms with Crippen LogP contribution in [0.1, 0.15) is 31.4 Å². The zero-order chi connectivity index (χ0) is 36.3. The summed E-state index contributed by atoms with van der Waals surface area (Å²) >= 11 is 0. The van der Waals surface area contributed by atoms with Crippen LogP contribution in [-0.4, -0.2) is 64.0 Å². The molecule has 4 aromatic carbocycles. The number of likely N-dealkylation sites (N-methyl/N-ethyl adjacent to an activating group) is 2. The highest BCUT2D eigenvalue weighted by atomic mass is 16.5. The van der Waals surface area contributed by atoms with Crippen molar-refractivity contribution >= 4 is 35.0 Å². The maximum absolute atomic E-state index is 13.8. The summed E-state index contributed by atoms with van der Waals surface area (Å²) < 4.78 is 10.5. The Balaban J connectivity index is 1.50. The van der Waals surface area contributed by atoms with Gasteiger partial charge in [0, 0.05) is 44.7 Å². The molecule has 0 spiro atoms. The highest BCUT2D eigenvalue weighted by Crippen LogP contribution is 2.24. The number of methoxy groups -OCH3 is 2. The minimum atomic E-state index is -1.22. The van der Waals surface area contributed by atoms with Crippen LogP contribution in [0.15, 0.2) is 109 Å². The van der Waals surface area contributed by atoms with Gasteiger partial charge in [-0.25, -0.2) is 0 Å². The minimum Gasteiger partial charge on any atom is -0.497 e. The van der Waals surface area contributed by atoms with E-state index in [4.69, 9.17) is 9.47 Å². The van der Waals surface area contributed by atoms with Gasteiger partial charge in [-0.3, -0.25) is 19.2 Å². The molecule has 10 nitrogen and oxygen atoms in total. The summed E-state index contributed by atoms with van der Waals surface area (Å²) in [6.45, 7) is 3.30. The molecule has 262 valence electrons. The number of ether oxygens (including phenoxy) is 2. The second-order valence-electron chi connectivity index (χ2n) is 12.8. The largest absolute Gasteiger partial charge is 0.497 e. The quantitative estimate of drug-likeness (QED) is 0.179. The fraction of sp³-hybridized carbons (Fsp3) is 0.300. The molecule has 0 saturated carbocycles. The number of hydrogen-bond donors (Lipinski definition) is 2. The number of benzene rings is 4. The van der Waals surface area contributed by atoms with Crippen molar-refractivity contribution in [1.29, 1.82) is 0 Å². The van der Waals surface area contributed by atoms with Crippen molar-refractivity contribution in [3.63, 3.8) is 0 Å². The molecule has 10 heteroatoms. The summed E-state index contributed by atoms with van der Waals surface area (Å²) in [7, 11) is 6.44. The van der Waals surface area contributed by atoms with Gasteiger partial charge in [0.15, 0.2) is 0 Å². The first-order valence-corrected chi connectivity index (χ1v) is 16.4. The molecule has 2 atom stereocenters. The Morgan fingerprint density at radius 2 is 0.980 bits per heavy atom. The standard InChI is InChI=1S/C40H46N4O6/c1-40(2,39(48)42-35(26-29-15-11-8-12-16-29)38(47)44(4)31-19-23-33(50-6)24-20-31)27-36(45)41-34(25-28-13-9-7-10-14-28)37(46)43(3)30-17-21-32(49-5)22-18-30/h7-24,34-35H,25-27H2,1-6H3,(H,41,45)(H,42,48)/t34-,35?/m0/s1. The summed E-state index contributed by atoms with van der Waals surface area (Å²) in [5, 5.41) is 5.82. The highest BCUT2D eigenvalue weighted by Gasteiger charge is 2.36. The Morgan fingerprint density at radius 3 is 1.36 bits per heavy atom. The average Bonchev–Trinajstić information content (AvgIpc) is 3.13. The van der Waals surface area contributed by atoms with E-state index in [-0.39, 0.29) is 31.1 Å². The predicted octanol–water partition coefficient (Wildman–Crippen LogP) is 5.20. The number of nitrogens with one attached hydrogen (secondary N) is 2. The fourth-order valence-electron chi connectivity index (χ4n) is 5.51. The number of rotatable bonds is 15. The number of hydrogen-bond acceptors (Lipinski definition) is 6. The summed E-state index contributed by atoms with van der Waals surface area (Å²) in [5.41, 5.74) is 1.79. The molecule has 1 unspecified atom stereocenters. The minimum absolute atomic E-state index is 0.218. The molecule has 0 aromatic heterocycles. The Kier molecular flexibility index (Phi) is 12.8. The number of carbonyl (C=O) groups excluding carboxylic acids is 4. The van der Waals surface area contributed by atoms with Gasteiger partial charge in [0.05, 0.1) is 19.6 Å². The van der Waals surface area contributed by atoms with Crippen LogP contribution >= 0.6 is 0 Å². The van der Waals surface area contributed by atoms with Crippen molar-refractivity contribution < 1.29 is 28.7 Å². The van der Waals surface area contributed by atoms with Gasteiger partial charge in [0.1, 0.15) is 23.6 Å². The molecule has 0 bridgehead atoms. The number of carbonyl (C=O) groups is 4. The molecule has 4 amide bonds. The zero-order valence-corrected chi connectivity index (χ0v) is 29.5. The Morgan fingerprint density at radius 1 is 0.600 bits per heavy atom. The van der Waals surface area contributed by atoms with Gasteiger partial charge in [0.2, 0.25) is 23.6 Å². The van der Waals surface area contributed by atoms with Crippen LogP contribution in [0.25, 0.3) is 0 Å². The molecule has 50 heavy (non-hydrogen) atoms. The fourth-order valence-corrected chi connectivity index (χ4v) is 5.51. The smallest absolute Gasteiger partial charge is 0.249 e. The first kappa shape index (κ1) is 37.2. The Bertz CT molecular complexity index is 1730. The maximum Gasteiger partial charge on any atom is 0.249 e. The first-order valence-electron chi connectivity index (χ1n) is 16.4. The summed E-state index contributed by atoms with van der Waals surface area (Å²) in [6.07, 6.45) is 0.285. The second kappa shape index (κ2) is 17.1. The van der Waals surface area contributed by atoms with E-state index >= 15 is 0 Å². The molecule has 2 N–H and O–H groups in total. The molecule has 0 aliphatic heterocycles. The van der Waals surface area contributed by atoms with Crippen LogP contribution < -0.4 is 29.9 Å². The zero-order valence-electron chi connectivity index (χ0n) is 29.5. The van der Waals surface area contributed by atoms with Gasteiger partial charge in [-0.05, 0) is 59.7 Å². The van der Waals surface area contributed by atoms with Gasteiger partial charge < -0.3 is 29.9 Å². The molecule has 0 saturated heterocycles. The van der Waals surface area contributed by atoms with Crippen LogP contribution in [0.3, 0.4) is 0 Å². The van der Waals surface area contributed by atoms with Crippen molar-refractivity contribution in [1.82, 2.24) is 10.6 Å². The van der Waals surface area contributed by atoms with Gasteiger partial charge >= 0.3 is 0 Å².